The molecule has 0 aliphatic heterocycles. The molecule has 0 radical (unpaired) electrons. The van der Waals surface area contributed by atoms with Crippen LogP contribution in [0.25, 0.3) is 11.1 Å². The van der Waals surface area contributed by atoms with Crippen molar-refractivity contribution in [2.45, 2.75) is 24.8 Å². The highest BCUT2D eigenvalue weighted by Gasteiger charge is 2.19. The number of carbonyl (C=O) groups excluding carboxylic acids is 2. The number of carbonyl (C=O) groups is 2. The van der Waals surface area contributed by atoms with Gasteiger partial charge in [-0.15, -0.1) is 0 Å². The van der Waals surface area contributed by atoms with Crippen molar-refractivity contribution in [1.82, 2.24) is 4.57 Å². The molecule has 11 heteroatoms. The van der Waals surface area contributed by atoms with Crippen LogP contribution in [0.15, 0.2) is 56.6 Å². The number of oxazole rings is 1. The highest BCUT2D eigenvalue weighted by atomic mass is 32.2. The van der Waals surface area contributed by atoms with Crippen molar-refractivity contribution >= 4 is 38.7 Å². The summed E-state index contributed by atoms with van der Waals surface area (Å²) in [6, 6.07) is 9.53. The van der Waals surface area contributed by atoms with Crippen molar-refractivity contribution in [3.63, 3.8) is 0 Å². The van der Waals surface area contributed by atoms with Crippen molar-refractivity contribution in [2.75, 3.05) is 18.4 Å². The highest BCUT2D eigenvalue weighted by molar-refractivity contribution is 7.92. The number of esters is 2. The number of rotatable bonds is 8. The molecule has 0 aliphatic rings. The van der Waals surface area contributed by atoms with Crippen LogP contribution in [0, 0.1) is 0 Å². The monoisotopic (exact) mass is 448 g/mol. The molecule has 0 unspecified atom stereocenters. The van der Waals surface area contributed by atoms with Crippen LogP contribution in [0.5, 0.6) is 0 Å². The number of anilines is 1. The summed E-state index contributed by atoms with van der Waals surface area (Å²) in [6.07, 6.45) is 0.645. The molecule has 0 saturated heterocycles. The summed E-state index contributed by atoms with van der Waals surface area (Å²) in [4.78, 5) is 35.2. The molecule has 1 heterocycles. The Hall–Kier alpha value is -3.60. The molecular formula is C20H20N2O8S. The molecule has 164 valence electrons. The molecule has 10 nitrogen and oxygen atoms in total. The standard InChI is InChI=1S/C20H20N2O8S/c1-3-10-29-18(23)12-22-16-9-8-15(11-17(16)30-20(22)25)31(26,27)21-14-6-4-13(5-7-14)19(24)28-2/h4-9,11,21H,3,10,12H2,1-2H3. The van der Waals surface area contributed by atoms with Gasteiger partial charge in [-0.25, -0.2) is 18.0 Å². The van der Waals surface area contributed by atoms with Crippen LogP contribution >= 0.6 is 0 Å². The van der Waals surface area contributed by atoms with E-state index < -0.39 is 27.7 Å². The molecule has 3 rings (SSSR count). The molecule has 0 aliphatic carbocycles. The Morgan fingerprint density at radius 2 is 1.84 bits per heavy atom. The number of ether oxygens (including phenoxy) is 2. The summed E-state index contributed by atoms with van der Waals surface area (Å²) < 4.78 is 43.5. The van der Waals surface area contributed by atoms with Crippen LogP contribution in [0.1, 0.15) is 23.7 Å². The van der Waals surface area contributed by atoms with Crippen LogP contribution in [0.3, 0.4) is 0 Å². The summed E-state index contributed by atoms with van der Waals surface area (Å²) in [5.41, 5.74) is 0.773. The lowest BCUT2D eigenvalue weighted by atomic mass is 10.2. The van der Waals surface area contributed by atoms with Crippen molar-refractivity contribution in [2.24, 2.45) is 0 Å². The van der Waals surface area contributed by atoms with Crippen molar-refractivity contribution in [1.29, 1.82) is 0 Å². The first-order valence-corrected chi connectivity index (χ1v) is 10.7. The molecule has 0 fully saturated rings. The zero-order chi connectivity index (χ0) is 22.6. The van der Waals surface area contributed by atoms with Gasteiger partial charge in [-0.2, -0.15) is 0 Å². The van der Waals surface area contributed by atoms with Gasteiger partial charge in [0.15, 0.2) is 5.58 Å². The molecule has 3 aromatic rings. The number of benzene rings is 2. The van der Waals surface area contributed by atoms with Crippen LogP contribution in [0.2, 0.25) is 0 Å². The number of hydrogen-bond acceptors (Lipinski definition) is 8. The SMILES string of the molecule is CCCOC(=O)Cn1c(=O)oc2cc(S(=O)(=O)Nc3ccc(C(=O)OC)cc3)ccc21. The molecule has 2 aromatic carbocycles. The zero-order valence-electron chi connectivity index (χ0n) is 16.8. The molecule has 0 saturated carbocycles. The Kier molecular flexibility index (Phi) is 6.44. The van der Waals surface area contributed by atoms with Crippen molar-refractivity contribution < 1.29 is 31.9 Å². The Bertz CT molecular complexity index is 1270. The number of hydrogen-bond donors (Lipinski definition) is 1. The van der Waals surface area contributed by atoms with Crippen molar-refractivity contribution in [3.05, 3.63) is 58.6 Å². The minimum Gasteiger partial charge on any atom is -0.465 e. The second-order valence-corrected chi connectivity index (χ2v) is 8.16. The Morgan fingerprint density at radius 1 is 1.13 bits per heavy atom. The smallest absolute Gasteiger partial charge is 0.420 e. The second-order valence-electron chi connectivity index (χ2n) is 6.48. The van der Waals surface area contributed by atoms with E-state index >= 15 is 0 Å². The molecule has 0 atom stereocenters. The molecule has 0 bridgehead atoms. The second kappa shape index (κ2) is 9.04. The van der Waals surface area contributed by atoms with Gasteiger partial charge >= 0.3 is 17.7 Å². The van der Waals surface area contributed by atoms with Crippen LogP contribution in [-0.4, -0.2) is 38.6 Å². The fourth-order valence-corrected chi connectivity index (χ4v) is 3.83. The van der Waals surface area contributed by atoms with E-state index in [-0.39, 0.29) is 40.4 Å². The Labute approximate surface area is 177 Å². The maximum Gasteiger partial charge on any atom is 0.420 e. The average molecular weight is 448 g/mol. The first kappa shape index (κ1) is 22.1. The lowest BCUT2D eigenvalue weighted by Gasteiger charge is -2.09. The quantitative estimate of drug-likeness (QED) is 0.518. The molecule has 31 heavy (non-hydrogen) atoms. The van der Waals surface area contributed by atoms with Gasteiger partial charge in [-0.05, 0) is 42.8 Å². The number of methoxy groups -OCH3 is 1. The van der Waals surface area contributed by atoms with Crippen LogP contribution < -0.4 is 10.5 Å². The summed E-state index contributed by atoms with van der Waals surface area (Å²) in [5, 5.41) is 0. The fraction of sp³-hybridized carbons (Fsp3) is 0.250. The molecule has 1 N–H and O–H groups in total. The fourth-order valence-electron chi connectivity index (χ4n) is 2.76. The van der Waals surface area contributed by atoms with Gasteiger partial charge in [0.1, 0.15) is 6.54 Å². The van der Waals surface area contributed by atoms with E-state index in [1.807, 2.05) is 6.92 Å². The third-order valence-electron chi connectivity index (χ3n) is 4.26. The number of nitrogens with one attached hydrogen (secondary N) is 1. The normalized spacial score (nSPS) is 11.3. The number of sulfonamides is 1. The summed E-state index contributed by atoms with van der Waals surface area (Å²) in [6.45, 7) is 1.73. The van der Waals surface area contributed by atoms with Crippen LogP contribution in [0.4, 0.5) is 5.69 Å². The van der Waals surface area contributed by atoms with Gasteiger partial charge in [0.05, 0.1) is 29.7 Å². The lowest BCUT2D eigenvalue weighted by molar-refractivity contribution is -0.144. The lowest BCUT2D eigenvalue weighted by Crippen LogP contribution is -2.21. The van der Waals surface area contributed by atoms with Gasteiger partial charge in [0, 0.05) is 11.8 Å². The van der Waals surface area contributed by atoms with E-state index in [0.29, 0.717) is 6.42 Å². The van der Waals surface area contributed by atoms with Gasteiger partial charge in [0.25, 0.3) is 10.0 Å². The van der Waals surface area contributed by atoms with E-state index in [2.05, 4.69) is 9.46 Å². The third kappa shape index (κ3) is 4.94. The highest BCUT2D eigenvalue weighted by Crippen LogP contribution is 2.21. The van der Waals surface area contributed by atoms with Gasteiger partial charge in [0.2, 0.25) is 0 Å². The summed E-state index contributed by atoms with van der Waals surface area (Å²) in [5.74, 6) is -1.94. The third-order valence-corrected chi connectivity index (χ3v) is 5.64. The maximum absolute atomic E-state index is 12.7. The Morgan fingerprint density at radius 3 is 2.48 bits per heavy atom. The summed E-state index contributed by atoms with van der Waals surface area (Å²) in [7, 11) is -2.77. The number of fused-ring (bicyclic) bond motifs is 1. The zero-order valence-corrected chi connectivity index (χ0v) is 17.6. The molecule has 0 spiro atoms. The van der Waals surface area contributed by atoms with Gasteiger partial charge < -0.3 is 13.9 Å². The maximum atomic E-state index is 12.7. The van der Waals surface area contributed by atoms with Crippen molar-refractivity contribution in [3.8, 4) is 0 Å². The van der Waals surface area contributed by atoms with E-state index in [9.17, 15) is 22.8 Å². The van der Waals surface area contributed by atoms with Gasteiger partial charge in [-0.3, -0.25) is 14.1 Å². The average Bonchev–Trinajstić information content (AvgIpc) is 3.06. The first-order chi connectivity index (χ1) is 14.7. The van der Waals surface area contributed by atoms with E-state index in [1.165, 1.54) is 49.6 Å². The van der Waals surface area contributed by atoms with E-state index in [0.717, 1.165) is 4.57 Å². The van der Waals surface area contributed by atoms with E-state index in [4.69, 9.17) is 9.15 Å². The molecular weight excluding hydrogens is 428 g/mol. The largest absolute Gasteiger partial charge is 0.465 e. The predicted molar refractivity (Wildman–Crippen MR) is 110 cm³/mol. The minimum atomic E-state index is -4.01. The molecule has 0 amide bonds. The van der Waals surface area contributed by atoms with Gasteiger partial charge in [-0.1, -0.05) is 6.92 Å². The summed E-state index contributed by atoms with van der Waals surface area (Å²) >= 11 is 0. The topological polar surface area (TPSA) is 134 Å². The minimum absolute atomic E-state index is 0.0113. The number of aromatic nitrogens is 1. The Balaban J connectivity index is 1.84. The first-order valence-electron chi connectivity index (χ1n) is 9.25. The molecule has 1 aromatic heterocycles. The number of nitrogens with zero attached hydrogens (tertiary/aromatic N) is 1. The van der Waals surface area contributed by atoms with Crippen LogP contribution in [-0.2, 0) is 30.8 Å². The predicted octanol–water partition coefficient (Wildman–Crippen LogP) is 2.14. The van der Waals surface area contributed by atoms with E-state index in [1.54, 1.807) is 0 Å².